The Balaban J connectivity index is 4.15. The Bertz CT molecular complexity index is 195. The normalized spacial score (nSPS) is 11.1. The maximum atomic E-state index is 11.6. The van der Waals surface area contributed by atoms with Gasteiger partial charge >= 0.3 is 0 Å². The van der Waals surface area contributed by atoms with Crippen LogP contribution in [0.4, 0.5) is 0 Å². The summed E-state index contributed by atoms with van der Waals surface area (Å²) in [5.74, 6) is -0.0318. The molecule has 0 aliphatic heterocycles. The van der Waals surface area contributed by atoms with E-state index in [9.17, 15) is 9.59 Å². The van der Waals surface area contributed by atoms with E-state index in [1.807, 2.05) is 20.8 Å². The quantitative estimate of drug-likeness (QED) is 0.705. The topological polar surface area (TPSA) is 46.2 Å². The summed E-state index contributed by atoms with van der Waals surface area (Å²) in [7, 11) is 0. The van der Waals surface area contributed by atoms with Crippen LogP contribution in [0.1, 0.15) is 40.5 Å². The summed E-state index contributed by atoms with van der Waals surface area (Å²) < 4.78 is 0. The van der Waals surface area contributed by atoms with Crippen molar-refractivity contribution in [2.24, 2.45) is 5.41 Å². The van der Waals surface area contributed by atoms with Gasteiger partial charge in [-0.2, -0.15) is 0 Å². The van der Waals surface area contributed by atoms with Gasteiger partial charge in [-0.15, -0.1) is 0 Å². The van der Waals surface area contributed by atoms with Gasteiger partial charge in [0.05, 0.1) is 6.54 Å². The lowest BCUT2D eigenvalue weighted by Gasteiger charge is -2.24. The Morgan fingerprint density at radius 1 is 1.23 bits per heavy atom. The van der Waals surface area contributed by atoms with Crippen LogP contribution in [0.5, 0.6) is 0 Å². The SMILES string of the molecule is CCC(C)(CC)C(=O)NCC(C)=O. The molecule has 3 nitrogen and oxygen atoms in total. The van der Waals surface area contributed by atoms with E-state index in [2.05, 4.69) is 5.32 Å². The summed E-state index contributed by atoms with van der Waals surface area (Å²) >= 11 is 0. The Hall–Kier alpha value is -0.860. The molecule has 0 unspecified atom stereocenters. The highest BCUT2D eigenvalue weighted by Crippen LogP contribution is 2.24. The molecule has 0 saturated carbocycles. The molecule has 1 N–H and O–H groups in total. The second-order valence-corrected chi connectivity index (χ2v) is 3.65. The van der Waals surface area contributed by atoms with E-state index in [-0.39, 0.29) is 23.7 Å². The van der Waals surface area contributed by atoms with Gasteiger partial charge < -0.3 is 5.32 Å². The summed E-state index contributed by atoms with van der Waals surface area (Å²) in [5.41, 5.74) is -0.324. The minimum absolute atomic E-state index is 0.0112. The van der Waals surface area contributed by atoms with Crippen LogP contribution in [0.3, 0.4) is 0 Å². The Morgan fingerprint density at radius 2 is 1.69 bits per heavy atom. The molecule has 0 bridgehead atoms. The summed E-state index contributed by atoms with van der Waals surface area (Å²) in [6.45, 7) is 7.50. The zero-order chi connectivity index (χ0) is 10.5. The molecular formula is C10H19NO2. The number of hydrogen-bond acceptors (Lipinski definition) is 2. The van der Waals surface area contributed by atoms with Gasteiger partial charge in [0.15, 0.2) is 0 Å². The predicted molar refractivity (Wildman–Crippen MR) is 52.4 cm³/mol. The molecule has 1 amide bonds. The number of hydrogen-bond donors (Lipinski definition) is 1. The molecule has 0 heterocycles. The lowest BCUT2D eigenvalue weighted by atomic mass is 9.84. The van der Waals surface area contributed by atoms with Gasteiger partial charge in [-0.3, -0.25) is 9.59 Å². The van der Waals surface area contributed by atoms with Gasteiger partial charge in [0, 0.05) is 5.41 Å². The number of rotatable bonds is 5. The summed E-state index contributed by atoms with van der Waals surface area (Å²) in [6.07, 6.45) is 1.60. The van der Waals surface area contributed by atoms with Crippen LogP contribution in [-0.2, 0) is 9.59 Å². The van der Waals surface area contributed by atoms with Gasteiger partial charge in [-0.05, 0) is 19.8 Å². The molecule has 0 aromatic heterocycles. The highest BCUT2D eigenvalue weighted by Gasteiger charge is 2.28. The van der Waals surface area contributed by atoms with E-state index in [4.69, 9.17) is 0 Å². The molecule has 0 aliphatic carbocycles. The van der Waals surface area contributed by atoms with E-state index < -0.39 is 0 Å². The monoisotopic (exact) mass is 185 g/mol. The highest BCUT2D eigenvalue weighted by molar-refractivity contribution is 5.87. The highest BCUT2D eigenvalue weighted by atomic mass is 16.2. The molecule has 76 valence electrons. The summed E-state index contributed by atoms with van der Waals surface area (Å²) in [4.78, 5) is 22.2. The molecule has 0 aromatic carbocycles. The summed E-state index contributed by atoms with van der Waals surface area (Å²) in [6, 6.07) is 0. The molecule has 0 fully saturated rings. The van der Waals surface area contributed by atoms with Crippen molar-refractivity contribution in [1.82, 2.24) is 5.32 Å². The average Bonchev–Trinajstić information content (AvgIpc) is 2.12. The van der Waals surface area contributed by atoms with E-state index in [0.29, 0.717) is 0 Å². The van der Waals surface area contributed by atoms with Gasteiger partial charge in [0.25, 0.3) is 0 Å². The number of nitrogens with one attached hydrogen (secondary N) is 1. The fourth-order valence-corrected chi connectivity index (χ4v) is 0.989. The van der Waals surface area contributed by atoms with Crippen molar-refractivity contribution in [3.05, 3.63) is 0 Å². The van der Waals surface area contributed by atoms with Crippen LogP contribution in [0.2, 0.25) is 0 Å². The van der Waals surface area contributed by atoms with E-state index in [0.717, 1.165) is 12.8 Å². The number of carbonyl (C=O) groups excluding carboxylic acids is 2. The van der Waals surface area contributed by atoms with Crippen molar-refractivity contribution < 1.29 is 9.59 Å². The van der Waals surface area contributed by atoms with Crippen molar-refractivity contribution in [2.75, 3.05) is 6.54 Å². The molecule has 0 aliphatic rings. The van der Waals surface area contributed by atoms with Crippen LogP contribution in [0, 0.1) is 5.41 Å². The maximum absolute atomic E-state index is 11.6. The third-order valence-corrected chi connectivity index (χ3v) is 2.61. The maximum Gasteiger partial charge on any atom is 0.226 e. The van der Waals surface area contributed by atoms with Crippen molar-refractivity contribution >= 4 is 11.7 Å². The van der Waals surface area contributed by atoms with Crippen LogP contribution in [-0.4, -0.2) is 18.2 Å². The lowest BCUT2D eigenvalue weighted by Crippen LogP contribution is -2.40. The first-order valence-corrected chi connectivity index (χ1v) is 4.74. The number of carbonyl (C=O) groups is 2. The zero-order valence-electron chi connectivity index (χ0n) is 8.94. The van der Waals surface area contributed by atoms with Gasteiger partial charge in [0.1, 0.15) is 5.78 Å². The minimum Gasteiger partial charge on any atom is -0.349 e. The van der Waals surface area contributed by atoms with Crippen molar-refractivity contribution in [3.8, 4) is 0 Å². The summed E-state index contributed by atoms with van der Waals surface area (Å²) in [5, 5.41) is 2.64. The Kier molecular flexibility index (Phi) is 4.67. The second-order valence-electron chi connectivity index (χ2n) is 3.65. The number of ketones is 1. The third-order valence-electron chi connectivity index (χ3n) is 2.61. The van der Waals surface area contributed by atoms with Crippen LogP contribution < -0.4 is 5.32 Å². The second kappa shape index (κ2) is 5.00. The Morgan fingerprint density at radius 3 is 2.00 bits per heavy atom. The van der Waals surface area contributed by atoms with Gasteiger partial charge in [0.2, 0.25) is 5.91 Å². The fourth-order valence-electron chi connectivity index (χ4n) is 0.989. The molecule has 0 aromatic rings. The molecule has 13 heavy (non-hydrogen) atoms. The van der Waals surface area contributed by atoms with Crippen LogP contribution >= 0.6 is 0 Å². The predicted octanol–water partition coefficient (Wildman–Crippen LogP) is 1.52. The lowest BCUT2D eigenvalue weighted by molar-refractivity contribution is -0.132. The van der Waals surface area contributed by atoms with E-state index in [1.165, 1.54) is 6.92 Å². The minimum atomic E-state index is -0.324. The van der Waals surface area contributed by atoms with Crippen LogP contribution in [0.25, 0.3) is 0 Å². The molecule has 0 rings (SSSR count). The standard InChI is InChI=1S/C10H19NO2/c1-5-10(4,6-2)9(13)11-7-8(3)12/h5-7H2,1-4H3,(H,11,13). The van der Waals surface area contributed by atoms with Crippen LogP contribution in [0.15, 0.2) is 0 Å². The van der Waals surface area contributed by atoms with Crippen molar-refractivity contribution in [2.45, 2.75) is 40.5 Å². The van der Waals surface area contributed by atoms with Gasteiger partial charge in [-0.1, -0.05) is 20.8 Å². The number of Topliss-reactive ketones (excluding diaryl/α,β-unsaturated/α-hetero) is 1. The fraction of sp³-hybridized carbons (Fsp3) is 0.800. The molecule has 0 atom stereocenters. The smallest absolute Gasteiger partial charge is 0.226 e. The van der Waals surface area contributed by atoms with Crippen molar-refractivity contribution in [3.63, 3.8) is 0 Å². The molecule has 3 heteroatoms. The van der Waals surface area contributed by atoms with Gasteiger partial charge in [-0.25, -0.2) is 0 Å². The molecular weight excluding hydrogens is 166 g/mol. The third kappa shape index (κ3) is 3.57. The molecule has 0 spiro atoms. The Labute approximate surface area is 79.9 Å². The van der Waals surface area contributed by atoms with Crippen molar-refractivity contribution in [1.29, 1.82) is 0 Å². The number of amides is 1. The first-order chi connectivity index (χ1) is 5.96. The first kappa shape index (κ1) is 12.1. The molecule has 0 radical (unpaired) electrons. The average molecular weight is 185 g/mol. The zero-order valence-corrected chi connectivity index (χ0v) is 8.94. The van der Waals surface area contributed by atoms with E-state index >= 15 is 0 Å². The molecule has 0 saturated heterocycles. The first-order valence-electron chi connectivity index (χ1n) is 4.74. The largest absolute Gasteiger partial charge is 0.349 e. The van der Waals surface area contributed by atoms with E-state index in [1.54, 1.807) is 0 Å².